The number of nitrogens with one attached hydrogen (secondary N) is 3. The molecule has 0 radical (unpaired) electrons. The van der Waals surface area contributed by atoms with Crippen LogP contribution in [0.25, 0.3) is 22.4 Å². The van der Waals surface area contributed by atoms with Crippen molar-refractivity contribution in [3.8, 4) is 22.4 Å². The Morgan fingerprint density at radius 2 is 1.94 bits per heavy atom. The number of hydrazone groups is 1. The summed E-state index contributed by atoms with van der Waals surface area (Å²) in [6.07, 6.45) is 6.59. The van der Waals surface area contributed by atoms with E-state index in [2.05, 4.69) is 46.1 Å². The molecule has 0 saturated heterocycles. The van der Waals surface area contributed by atoms with Gasteiger partial charge in [0.25, 0.3) is 5.69 Å². The maximum atomic E-state index is 12.4. The first-order valence-corrected chi connectivity index (χ1v) is 20.4. The average Bonchev–Trinajstić information content (AvgIpc) is 3.78. The lowest BCUT2D eigenvalue weighted by Crippen LogP contribution is -2.45. The number of anilines is 2. The number of aliphatic hydroxyl groups is 1. The van der Waals surface area contributed by atoms with Crippen molar-refractivity contribution in [2.24, 2.45) is 5.10 Å². The molecular weight excluding hydrogens is 678 g/mol. The second kappa shape index (κ2) is 13.6. The number of amides is 1. The normalized spacial score (nSPS) is 17.2. The number of aromatic nitrogens is 4. The number of halogens is 1. The molecule has 2 aliphatic rings. The second-order valence-electron chi connectivity index (χ2n) is 14.6. The van der Waals surface area contributed by atoms with Gasteiger partial charge < -0.3 is 19.1 Å². The Labute approximate surface area is 296 Å². The Morgan fingerprint density at radius 3 is 2.62 bits per heavy atom. The van der Waals surface area contributed by atoms with Gasteiger partial charge in [-0.1, -0.05) is 31.2 Å². The Bertz CT molecular complexity index is 1920. The van der Waals surface area contributed by atoms with Crippen LogP contribution in [0.2, 0.25) is 30.7 Å². The highest BCUT2D eigenvalue weighted by Crippen LogP contribution is 2.43. The summed E-state index contributed by atoms with van der Waals surface area (Å²) in [4.78, 5) is 21.4. The first-order chi connectivity index (χ1) is 23.6. The Kier molecular flexibility index (Phi) is 9.63. The van der Waals surface area contributed by atoms with Crippen molar-refractivity contribution < 1.29 is 29.3 Å². The molecule has 0 saturated carbocycles. The number of hydrogen-bond donors (Lipinski definition) is 5. The number of aryl methyl sites for hydroxylation is 1. The van der Waals surface area contributed by atoms with Crippen molar-refractivity contribution in [1.82, 2.24) is 25.6 Å². The number of pyridine rings is 2. The van der Waals surface area contributed by atoms with Crippen LogP contribution in [-0.4, -0.2) is 57.6 Å². The van der Waals surface area contributed by atoms with Gasteiger partial charge in [0, 0.05) is 47.3 Å². The fraction of sp³-hybridized carbons (Fsp3) is 0.382. The summed E-state index contributed by atoms with van der Waals surface area (Å²) in [6, 6.07) is 11.8. The molecule has 6 rings (SSSR count). The maximum Gasteiger partial charge on any atom is 0.413 e. The summed E-state index contributed by atoms with van der Waals surface area (Å²) in [5.74, 6) is 0.658. The van der Waals surface area contributed by atoms with Crippen molar-refractivity contribution in [2.75, 3.05) is 16.9 Å². The number of carbonyl (C=O) groups excluding carboxylic acids is 1. The van der Waals surface area contributed by atoms with Gasteiger partial charge in [-0.2, -0.15) is 5.10 Å². The first-order valence-electron chi connectivity index (χ1n) is 16.4. The van der Waals surface area contributed by atoms with Crippen LogP contribution in [0.15, 0.2) is 60.1 Å². The number of hydrazine groups is 2. The molecule has 1 aromatic carbocycles. The van der Waals surface area contributed by atoms with Gasteiger partial charge in [0.1, 0.15) is 24.5 Å². The van der Waals surface area contributed by atoms with E-state index in [-0.39, 0.29) is 13.2 Å². The van der Waals surface area contributed by atoms with Crippen LogP contribution in [0.1, 0.15) is 44.3 Å². The molecule has 1 atom stereocenters. The number of nitrogens with zero attached hydrogens (tertiary/aromatic N) is 6. The minimum Gasteiger partial charge on any atom is -0.444 e. The lowest BCUT2D eigenvalue weighted by Gasteiger charge is -2.23. The lowest BCUT2D eigenvalue weighted by atomic mass is 9.98. The van der Waals surface area contributed by atoms with Crippen molar-refractivity contribution in [2.45, 2.75) is 77.2 Å². The number of rotatable bonds is 10. The predicted octanol–water partition coefficient (Wildman–Crippen LogP) is 5.40. The molecule has 1 amide bonds. The first kappa shape index (κ1) is 35.3. The molecular formula is C34H43ClN9O5Si+. The van der Waals surface area contributed by atoms with E-state index >= 15 is 0 Å². The molecule has 0 fully saturated rings. The standard InChI is InChI=1S/C34H42ClN9O5Si/c1-33(2,3)49-32(45)39-29-10-7-23(17-36-29)28-18-37-31(42(28)21-48-13-14-50(4,5)6)34(46)12-11-22-15-24(19-44(47)30(22)34)26-16-25(35)8-9-27(26)43-20-38-40-41-43/h7-10,15-20,40-41,46H,11-14,21H2,1-6H3,(H-,36,39,45,47)/p+1. The summed E-state index contributed by atoms with van der Waals surface area (Å²) < 4.78 is 14.3. The Hall–Kier alpha value is -4.54. The molecule has 0 spiro atoms. The van der Waals surface area contributed by atoms with E-state index in [1.54, 1.807) is 62.8 Å². The zero-order valence-electron chi connectivity index (χ0n) is 29.0. The minimum absolute atomic E-state index is 0.124. The van der Waals surface area contributed by atoms with E-state index in [4.69, 9.17) is 26.1 Å². The predicted molar refractivity (Wildman–Crippen MR) is 192 cm³/mol. The van der Waals surface area contributed by atoms with E-state index in [0.717, 1.165) is 27.6 Å². The summed E-state index contributed by atoms with van der Waals surface area (Å²) in [5, 5.41) is 32.8. The smallest absolute Gasteiger partial charge is 0.413 e. The SMILES string of the molecule is CC(C)(C)OC(=O)Nc1ccc(-c2cnc(C3(O)CCc4cc(-c5cc(Cl)ccc5N5C=NNN5)c[n+](O)c43)n2COCC[Si](C)(C)C)cn1. The number of ether oxygens (including phenoxy) is 2. The summed E-state index contributed by atoms with van der Waals surface area (Å²) in [7, 11) is -1.37. The van der Waals surface area contributed by atoms with Gasteiger partial charge in [0.15, 0.2) is 5.82 Å². The summed E-state index contributed by atoms with van der Waals surface area (Å²) in [5.41, 5.74) is 7.97. The van der Waals surface area contributed by atoms with Crippen LogP contribution in [0, 0.1) is 0 Å². The third kappa shape index (κ3) is 7.61. The molecule has 1 aliphatic heterocycles. The molecule has 264 valence electrons. The van der Waals surface area contributed by atoms with Gasteiger partial charge in [-0.25, -0.2) is 25.3 Å². The van der Waals surface area contributed by atoms with Crippen LogP contribution < -0.4 is 26.1 Å². The molecule has 5 N–H and O–H groups in total. The van der Waals surface area contributed by atoms with Gasteiger partial charge in [0.2, 0.25) is 11.8 Å². The largest absolute Gasteiger partial charge is 0.444 e. The van der Waals surface area contributed by atoms with Crippen molar-refractivity contribution in [1.29, 1.82) is 0 Å². The Balaban J connectivity index is 1.35. The molecule has 3 aromatic heterocycles. The molecule has 16 heteroatoms. The van der Waals surface area contributed by atoms with Crippen LogP contribution in [0.3, 0.4) is 0 Å². The highest BCUT2D eigenvalue weighted by molar-refractivity contribution is 6.76. The molecule has 14 nitrogen and oxygen atoms in total. The van der Waals surface area contributed by atoms with E-state index in [0.29, 0.717) is 52.2 Å². The Morgan fingerprint density at radius 1 is 1.14 bits per heavy atom. The number of imidazole rings is 1. The highest BCUT2D eigenvalue weighted by Gasteiger charge is 2.51. The van der Waals surface area contributed by atoms with Crippen LogP contribution >= 0.6 is 11.6 Å². The molecule has 1 aliphatic carbocycles. The number of carbonyl (C=O) groups is 1. The van der Waals surface area contributed by atoms with E-state index in [1.165, 1.54) is 0 Å². The fourth-order valence-electron chi connectivity index (χ4n) is 5.98. The number of fused-ring (bicyclic) bond motifs is 1. The van der Waals surface area contributed by atoms with Gasteiger partial charge in [-0.05, 0) is 76.1 Å². The van der Waals surface area contributed by atoms with Gasteiger partial charge in [0.05, 0.1) is 23.1 Å². The van der Waals surface area contributed by atoms with E-state index < -0.39 is 25.4 Å². The lowest BCUT2D eigenvalue weighted by molar-refractivity contribution is -0.912. The van der Waals surface area contributed by atoms with Crippen molar-refractivity contribution >= 4 is 43.6 Å². The summed E-state index contributed by atoms with van der Waals surface area (Å²) >= 11 is 6.41. The average molecular weight is 721 g/mol. The molecule has 50 heavy (non-hydrogen) atoms. The van der Waals surface area contributed by atoms with Crippen LogP contribution in [0.5, 0.6) is 0 Å². The minimum atomic E-state index is -1.64. The highest BCUT2D eigenvalue weighted by atomic mass is 35.5. The van der Waals surface area contributed by atoms with Gasteiger partial charge >= 0.3 is 6.09 Å². The fourth-order valence-corrected chi connectivity index (χ4v) is 6.91. The van der Waals surface area contributed by atoms with Crippen LogP contribution in [-0.2, 0) is 28.2 Å². The summed E-state index contributed by atoms with van der Waals surface area (Å²) in [6.45, 7) is 12.9. The zero-order valence-corrected chi connectivity index (χ0v) is 30.7. The monoisotopic (exact) mass is 720 g/mol. The molecule has 0 bridgehead atoms. The third-order valence-corrected chi connectivity index (χ3v) is 10.3. The van der Waals surface area contributed by atoms with Crippen molar-refractivity contribution in [3.63, 3.8) is 0 Å². The number of hydrogen-bond acceptors (Lipinski definition) is 11. The molecule has 1 unspecified atom stereocenters. The number of benzene rings is 1. The maximum absolute atomic E-state index is 12.4. The van der Waals surface area contributed by atoms with Gasteiger partial charge in [-0.3, -0.25) is 10.5 Å². The van der Waals surface area contributed by atoms with E-state index in [9.17, 15) is 15.1 Å². The van der Waals surface area contributed by atoms with E-state index in [1.807, 2.05) is 28.8 Å². The van der Waals surface area contributed by atoms with Crippen molar-refractivity contribution in [3.05, 3.63) is 77.1 Å². The third-order valence-electron chi connectivity index (χ3n) is 8.34. The second-order valence-corrected chi connectivity index (χ2v) is 20.7. The molecule has 4 heterocycles. The molecule has 4 aromatic rings. The van der Waals surface area contributed by atoms with Gasteiger partial charge in [-0.15, -0.1) is 5.53 Å². The topological polar surface area (TPSA) is 162 Å². The zero-order chi connectivity index (χ0) is 35.8. The van der Waals surface area contributed by atoms with Crippen LogP contribution in [0.4, 0.5) is 16.3 Å². The quantitative estimate of drug-likeness (QED) is 0.0621.